The van der Waals surface area contributed by atoms with Gasteiger partial charge in [0.1, 0.15) is 0 Å². The Labute approximate surface area is 185 Å². The number of hydrogen-bond acceptors (Lipinski definition) is 9. The lowest BCUT2D eigenvalue weighted by molar-refractivity contribution is 0.304. The molecule has 0 atom stereocenters. The third kappa shape index (κ3) is 15.7. The van der Waals surface area contributed by atoms with Gasteiger partial charge in [0.05, 0.1) is 0 Å². The maximum Gasteiger partial charge on any atom is 0.376 e. The Morgan fingerprint density at radius 1 is 0.600 bits per heavy atom. The molecule has 0 saturated carbocycles. The molecular formula is C17H45B4N5O4. The van der Waals surface area contributed by atoms with Crippen LogP contribution < -0.4 is 11.0 Å². The summed E-state index contributed by atoms with van der Waals surface area (Å²) in [4.78, 5) is 6.11. The lowest BCUT2D eigenvalue weighted by atomic mass is 9.83. The van der Waals surface area contributed by atoms with Crippen LogP contribution in [0.3, 0.4) is 0 Å². The molecule has 13 heteroatoms. The van der Waals surface area contributed by atoms with Gasteiger partial charge in [-0.2, -0.15) is 0 Å². The van der Waals surface area contributed by atoms with E-state index in [1.807, 2.05) is 9.62 Å². The van der Waals surface area contributed by atoms with Gasteiger partial charge in [-0.15, -0.1) is 0 Å². The molecule has 0 rings (SSSR count). The maximum absolute atomic E-state index is 10.1. The third-order valence-electron chi connectivity index (χ3n) is 5.33. The molecule has 0 unspecified atom stereocenters. The van der Waals surface area contributed by atoms with E-state index in [0.717, 1.165) is 71.4 Å². The van der Waals surface area contributed by atoms with E-state index in [2.05, 4.69) is 10.0 Å². The van der Waals surface area contributed by atoms with Crippen molar-refractivity contribution in [2.75, 3.05) is 52.4 Å². The van der Waals surface area contributed by atoms with Gasteiger partial charge in [0.15, 0.2) is 0 Å². The topological polar surface area (TPSA) is 129 Å². The van der Waals surface area contributed by atoms with E-state index in [-0.39, 0.29) is 0 Å². The van der Waals surface area contributed by atoms with E-state index in [1.54, 1.807) is 27.3 Å². The van der Waals surface area contributed by atoms with Crippen LogP contribution in [0.2, 0.25) is 27.3 Å². The first-order valence-electron chi connectivity index (χ1n) is 11.6. The fourth-order valence-electron chi connectivity index (χ4n) is 3.45. The molecule has 0 aromatic carbocycles. The van der Waals surface area contributed by atoms with Crippen molar-refractivity contribution in [3.63, 3.8) is 0 Å². The van der Waals surface area contributed by atoms with Crippen molar-refractivity contribution in [2.45, 2.75) is 59.4 Å². The van der Waals surface area contributed by atoms with Crippen molar-refractivity contribution in [1.29, 1.82) is 0 Å². The van der Waals surface area contributed by atoms with Crippen LogP contribution in [0.4, 0.5) is 0 Å². The Bertz CT molecular complexity index is 401. The van der Waals surface area contributed by atoms with Gasteiger partial charge in [0.25, 0.3) is 0 Å². The molecule has 0 fully saturated rings. The van der Waals surface area contributed by atoms with Gasteiger partial charge in [0.2, 0.25) is 0 Å². The molecule has 0 bridgehead atoms. The number of nitrogens with two attached hydrogens (primary N) is 1. The van der Waals surface area contributed by atoms with Crippen molar-refractivity contribution in [3.8, 4) is 0 Å². The van der Waals surface area contributed by atoms with E-state index in [9.17, 15) is 20.1 Å². The minimum absolute atomic E-state index is 0.487. The Balaban J connectivity index is 4.20. The zero-order valence-corrected chi connectivity index (χ0v) is 19.7. The summed E-state index contributed by atoms with van der Waals surface area (Å²) in [5.41, 5.74) is 5.57. The van der Waals surface area contributed by atoms with Gasteiger partial charge in [-0.05, 0) is 112 Å². The molecule has 0 aromatic heterocycles. The molecule has 174 valence electrons. The minimum atomic E-state index is -0.509. The van der Waals surface area contributed by atoms with Crippen LogP contribution in [-0.4, -0.2) is 115 Å². The number of nitrogens with zero attached hydrogens (tertiary/aromatic N) is 3. The van der Waals surface area contributed by atoms with Crippen molar-refractivity contribution < 1.29 is 20.1 Å². The molecule has 0 heterocycles. The zero-order chi connectivity index (χ0) is 22.9. The summed E-state index contributed by atoms with van der Waals surface area (Å²) in [6.45, 7) is 13.1. The van der Waals surface area contributed by atoms with E-state index in [1.165, 1.54) is 0 Å². The first kappa shape index (κ1) is 29.9. The summed E-state index contributed by atoms with van der Waals surface area (Å²) in [7, 11) is -2.00. The largest absolute Gasteiger partial charge is 0.437 e. The highest BCUT2D eigenvalue weighted by Gasteiger charge is 2.19. The molecule has 0 radical (unpaired) electrons. The van der Waals surface area contributed by atoms with Crippen molar-refractivity contribution in [2.24, 2.45) is 5.73 Å². The van der Waals surface area contributed by atoms with E-state index < -0.39 is 28.2 Å². The highest BCUT2D eigenvalue weighted by molar-refractivity contribution is 6.46. The molecule has 9 nitrogen and oxygen atoms in total. The predicted molar refractivity (Wildman–Crippen MR) is 130 cm³/mol. The van der Waals surface area contributed by atoms with Crippen LogP contribution in [0.25, 0.3) is 0 Å². The third-order valence-corrected chi connectivity index (χ3v) is 5.33. The van der Waals surface area contributed by atoms with Crippen LogP contribution in [-0.2, 0) is 0 Å². The molecule has 30 heavy (non-hydrogen) atoms. The fourth-order valence-corrected chi connectivity index (χ4v) is 3.45. The van der Waals surface area contributed by atoms with Gasteiger partial charge in [-0.1, -0.05) is 0 Å². The van der Waals surface area contributed by atoms with Crippen LogP contribution in [0, 0.1) is 0 Å². The first-order chi connectivity index (χ1) is 14.2. The highest BCUT2D eigenvalue weighted by Crippen LogP contribution is 2.05. The van der Waals surface area contributed by atoms with Crippen LogP contribution >= 0.6 is 0 Å². The van der Waals surface area contributed by atoms with E-state index in [4.69, 9.17) is 5.73 Å². The summed E-state index contributed by atoms with van der Waals surface area (Å²) in [5, 5.41) is 42.1. The standard InChI is InChI=1S/C17H45B4N5O4/c1-18(27)23-11-8-15-24(19(2)28)12-5-6-13-25(20(3)29)16-9-17-26(21(4)30)14-7-10-22/h23,27-30H,5-17,22H2,1-4H3. The van der Waals surface area contributed by atoms with Crippen LogP contribution in [0.5, 0.6) is 0 Å². The Morgan fingerprint density at radius 3 is 1.33 bits per heavy atom. The van der Waals surface area contributed by atoms with Gasteiger partial charge in [0, 0.05) is 0 Å². The molecule has 0 aliphatic heterocycles. The average molecular weight is 427 g/mol. The molecule has 0 aromatic rings. The van der Waals surface area contributed by atoms with Gasteiger partial charge in [-0.3, -0.25) is 0 Å². The second-order valence-electron chi connectivity index (χ2n) is 8.19. The van der Waals surface area contributed by atoms with Crippen LogP contribution in [0.1, 0.15) is 32.1 Å². The molecule has 0 amide bonds. The molecule has 0 saturated heterocycles. The summed E-state index contributed by atoms with van der Waals surface area (Å²) in [5.74, 6) is 0. The summed E-state index contributed by atoms with van der Waals surface area (Å²) >= 11 is 0. The van der Waals surface area contributed by atoms with Gasteiger partial charge < -0.3 is 45.5 Å². The monoisotopic (exact) mass is 427 g/mol. The molecule has 0 spiro atoms. The molecule has 0 aliphatic carbocycles. The molecule has 0 aliphatic rings. The summed E-state index contributed by atoms with van der Waals surface area (Å²) in [6.07, 6.45) is 4.47. The lowest BCUT2D eigenvalue weighted by Crippen LogP contribution is -2.43. The number of hydrogen-bond donors (Lipinski definition) is 6. The van der Waals surface area contributed by atoms with Gasteiger partial charge in [-0.25, -0.2) is 0 Å². The van der Waals surface area contributed by atoms with Gasteiger partial charge >= 0.3 is 28.2 Å². The summed E-state index contributed by atoms with van der Waals surface area (Å²) in [6, 6.07) is 0. The second-order valence-corrected chi connectivity index (χ2v) is 8.19. The average Bonchev–Trinajstić information content (AvgIpc) is 2.66. The normalized spacial score (nSPS) is 11.6. The van der Waals surface area contributed by atoms with Crippen molar-refractivity contribution in [3.05, 3.63) is 0 Å². The number of nitrogens with one attached hydrogen (secondary N) is 1. The highest BCUT2D eigenvalue weighted by atomic mass is 16.2. The number of rotatable bonds is 20. The molecule has 7 N–H and O–H groups in total. The SMILES string of the molecule is CB(O)NCCCN(CCCCN(CCCN(CCCN)B(C)O)B(C)O)B(C)O. The smallest absolute Gasteiger partial charge is 0.376 e. The Hall–Kier alpha value is -0.100. The Morgan fingerprint density at radius 2 is 0.967 bits per heavy atom. The fraction of sp³-hybridized carbons (Fsp3) is 1.00. The van der Waals surface area contributed by atoms with Crippen molar-refractivity contribution in [1.82, 2.24) is 19.7 Å². The minimum Gasteiger partial charge on any atom is -0.437 e. The first-order valence-corrected chi connectivity index (χ1v) is 11.6. The predicted octanol–water partition coefficient (Wildman–Crippen LogP) is -1.17. The Kier molecular flexibility index (Phi) is 18.4. The second kappa shape index (κ2) is 18.5. The molecular weight excluding hydrogens is 381 g/mol. The maximum atomic E-state index is 10.1. The quantitative estimate of drug-likeness (QED) is 0.105. The lowest BCUT2D eigenvalue weighted by Gasteiger charge is -2.27. The van der Waals surface area contributed by atoms with Crippen molar-refractivity contribution >= 4 is 28.2 Å². The van der Waals surface area contributed by atoms with E-state index in [0.29, 0.717) is 13.1 Å². The zero-order valence-electron chi connectivity index (χ0n) is 19.7. The number of unbranched alkanes of at least 4 members (excludes halogenated alkanes) is 1. The summed E-state index contributed by atoms with van der Waals surface area (Å²) < 4.78 is 0. The van der Waals surface area contributed by atoms with Crippen LogP contribution in [0.15, 0.2) is 0 Å². The van der Waals surface area contributed by atoms with E-state index >= 15 is 0 Å².